The summed E-state index contributed by atoms with van der Waals surface area (Å²) in [7, 11) is 0. The Morgan fingerprint density at radius 1 is 1.21 bits per heavy atom. The van der Waals surface area contributed by atoms with Gasteiger partial charge in [-0.3, -0.25) is 9.36 Å². The van der Waals surface area contributed by atoms with Crippen LogP contribution in [0.1, 0.15) is 12.0 Å². The minimum atomic E-state index is -0.353. The predicted molar refractivity (Wildman–Crippen MR) is 109 cm³/mol. The highest BCUT2D eigenvalue weighted by molar-refractivity contribution is 7.99. The molecule has 152 valence electrons. The van der Waals surface area contributed by atoms with E-state index in [-0.39, 0.29) is 24.1 Å². The molecule has 0 saturated heterocycles. The number of rotatable bonds is 9. The number of carbonyl (C=O) groups is 1. The van der Waals surface area contributed by atoms with Gasteiger partial charge in [0.05, 0.1) is 24.7 Å². The minimum absolute atomic E-state index is 0.108. The Kier molecular flexibility index (Phi) is 7.48. The Hall–Kier alpha value is -2.58. The van der Waals surface area contributed by atoms with E-state index in [0.717, 1.165) is 11.3 Å². The molecule has 0 aliphatic heterocycles. The van der Waals surface area contributed by atoms with Crippen LogP contribution < -0.4 is 4.74 Å². The lowest BCUT2D eigenvalue weighted by molar-refractivity contribution is -0.140. The molecule has 0 saturated carbocycles. The number of hydrogen-bond donors (Lipinski definition) is 0. The molecule has 1 heterocycles. The van der Waals surface area contributed by atoms with Gasteiger partial charge in [-0.15, -0.1) is 10.2 Å². The maximum atomic E-state index is 12.8. The van der Waals surface area contributed by atoms with Crippen LogP contribution in [0, 0.1) is 12.7 Å². The first kappa shape index (κ1) is 21.1. The third kappa shape index (κ3) is 6.20. The van der Waals surface area contributed by atoms with Crippen molar-refractivity contribution in [2.24, 2.45) is 0 Å². The third-order valence-electron chi connectivity index (χ3n) is 3.90. The van der Waals surface area contributed by atoms with Gasteiger partial charge in [-0.1, -0.05) is 29.4 Å². The van der Waals surface area contributed by atoms with Crippen LogP contribution in [0.3, 0.4) is 0 Å². The van der Waals surface area contributed by atoms with Gasteiger partial charge < -0.3 is 9.47 Å². The predicted octanol–water partition coefficient (Wildman–Crippen LogP) is 4.47. The van der Waals surface area contributed by atoms with E-state index in [1.54, 1.807) is 23.0 Å². The van der Waals surface area contributed by atoms with Gasteiger partial charge in [0, 0.05) is 11.4 Å². The van der Waals surface area contributed by atoms with Crippen molar-refractivity contribution in [3.63, 3.8) is 0 Å². The van der Waals surface area contributed by atoms with Crippen LogP contribution in [0.25, 0.3) is 5.69 Å². The van der Waals surface area contributed by atoms with E-state index in [1.165, 1.54) is 23.9 Å². The number of hydrogen-bond acceptors (Lipinski definition) is 6. The lowest BCUT2D eigenvalue weighted by Gasteiger charge is -2.08. The van der Waals surface area contributed by atoms with E-state index in [2.05, 4.69) is 10.2 Å². The Labute approximate surface area is 177 Å². The van der Waals surface area contributed by atoms with Crippen molar-refractivity contribution >= 4 is 29.3 Å². The fourth-order valence-electron chi connectivity index (χ4n) is 2.36. The molecular formula is C20H19ClFN3O3S. The van der Waals surface area contributed by atoms with Gasteiger partial charge in [0.2, 0.25) is 0 Å². The van der Waals surface area contributed by atoms with Gasteiger partial charge in [-0.2, -0.15) is 0 Å². The second-order valence-corrected chi connectivity index (χ2v) is 7.43. The summed E-state index contributed by atoms with van der Waals surface area (Å²) >= 11 is 7.41. The molecule has 1 aromatic heterocycles. The molecule has 6 nitrogen and oxygen atoms in total. The van der Waals surface area contributed by atoms with Crippen molar-refractivity contribution in [1.82, 2.24) is 14.8 Å². The highest BCUT2D eigenvalue weighted by Gasteiger charge is 2.12. The number of thioether (sulfide) groups is 1. The molecule has 0 radical (unpaired) electrons. The Balaban J connectivity index is 1.40. The summed E-state index contributed by atoms with van der Waals surface area (Å²) in [5.74, 6) is 0.0130. The first-order valence-corrected chi connectivity index (χ1v) is 10.2. The van der Waals surface area contributed by atoms with Crippen LogP contribution in [0.5, 0.6) is 5.75 Å². The van der Waals surface area contributed by atoms with Gasteiger partial charge in [-0.05, 0) is 48.9 Å². The SMILES string of the molecule is Cc1ccc(-n2cnnc2SCC(=O)OCCCOc2ccc(F)cc2)cc1Cl. The zero-order chi connectivity index (χ0) is 20.6. The molecule has 0 unspecified atom stereocenters. The van der Waals surface area contributed by atoms with Crippen molar-refractivity contribution in [2.75, 3.05) is 19.0 Å². The number of halogens is 2. The van der Waals surface area contributed by atoms with E-state index in [9.17, 15) is 9.18 Å². The van der Waals surface area contributed by atoms with Crippen LogP contribution >= 0.6 is 23.4 Å². The normalized spacial score (nSPS) is 10.7. The monoisotopic (exact) mass is 435 g/mol. The second kappa shape index (κ2) is 10.3. The summed E-state index contributed by atoms with van der Waals surface area (Å²) in [4.78, 5) is 12.0. The Bertz CT molecular complexity index is 966. The van der Waals surface area contributed by atoms with Crippen LogP contribution in [0.4, 0.5) is 4.39 Å². The molecule has 3 aromatic rings. The average Bonchev–Trinajstić information content (AvgIpc) is 3.18. The molecule has 0 atom stereocenters. The van der Waals surface area contributed by atoms with E-state index in [0.29, 0.717) is 29.0 Å². The molecule has 0 amide bonds. The number of esters is 1. The second-order valence-electron chi connectivity index (χ2n) is 6.08. The molecule has 0 aliphatic carbocycles. The van der Waals surface area contributed by atoms with Crippen LogP contribution in [-0.2, 0) is 9.53 Å². The fourth-order valence-corrected chi connectivity index (χ4v) is 3.26. The van der Waals surface area contributed by atoms with Crippen molar-refractivity contribution < 1.29 is 18.7 Å². The van der Waals surface area contributed by atoms with Gasteiger partial charge in [0.25, 0.3) is 0 Å². The lowest BCUT2D eigenvalue weighted by atomic mass is 10.2. The molecule has 0 aliphatic rings. The molecular weight excluding hydrogens is 417 g/mol. The number of aromatic nitrogens is 3. The van der Waals surface area contributed by atoms with Gasteiger partial charge in [-0.25, -0.2) is 4.39 Å². The van der Waals surface area contributed by atoms with Crippen LogP contribution in [0.2, 0.25) is 5.02 Å². The van der Waals surface area contributed by atoms with E-state index >= 15 is 0 Å². The summed E-state index contributed by atoms with van der Waals surface area (Å²) in [6.07, 6.45) is 2.10. The van der Waals surface area contributed by atoms with E-state index in [4.69, 9.17) is 21.1 Å². The van der Waals surface area contributed by atoms with Crippen LogP contribution in [-0.4, -0.2) is 39.7 Å². The Morgan fingerprint density at radius 3 is 2.76 bits per heavy atom. The number of benzene rings is 2. The largest absolute Gasteiger partial charge is 0.493 e. The smallest absolute Gasteiger partial charge is 0.316 e. The lowest BCUT2D eigenvalue weighted by Crippen LogP contribution is -2.11. The fraction of sp³-hybridized carbons (Fsp3) is 0.250. The molecule has 2 aromatic carbocycles. The van der Waals surface area contributed by atoms with Crippen molar-refractivity contribution in [1.29, 1.82) is 0 Å². The molecule has 0 bridgehead atoms. The van der Waals surface area contributed by atoms with Gasteiger partial charge >= 0.3 is 5.97 Å². The summed E-state index contributed by atoms with van der Waals surface area (Å²) in [6.45, 7) is 2.53. The maximum absolute atomic E-state index is 12.8. The van der Waals surface area contributed by atoms with Crippen molar-refractivity contribution in [3.05, 3.63) is 65.2 Å². The van der Waals surface area contributed by atoms with E-state index in [1.807, 2.05) is 25.1 Å². The summed E-state index contributed by atoms with van der Waals surface area (Å²) in [5, 5.41) is 9.17. The van der Waals surface area contributed by atoms with Crippen molar-refractivity contribution in [2.45, 2.75) is 18.5 Å². The molecule has 0 spiro atoms. The number of nitrogens with zero attached hydrogens (tertiary/aromatic N) is 3. The molecule has 0 fully saturated rings. The molecule has 29 heavy (non-hydrogen) atoms. The highest BCUT2D eigenvalue weighted by Crippen LogP contribution is 2.23. The van der Waals surface area contributed by atoms with E-state index < -0.39 is 0 Å². The molecule has 9 heteroatoms. The maximum Gasteiger partial charge on any atom is 0.316 e. The molecule has 3 rings (SSSR count). The van der Waals surface area contributed by atoms with Crippen LogP contribution in [0.15, 0.2) is 53.9 Å². The Morgan fingerprint density at radius 2 is 2.00 bits per heavy atom. The zero-order valence-corrected chi connectivity index (χ0v) is 17.3. The third-order valence-corrected chi connectivity index (χ3v) is 5.23. The first-order chi connectivity index (χ1) is 14.0. The summed E-state index contributed by atoms with van der Waals surface area (Å²) in [5.41, 5.74) is 1.80. The number of carbonyl (C=O) groups excluding carboxylic acids is 1. The van der Waals surface area contributed by atoms with Gasteiger partial charge in [0.15, 0.2) is 5.16 Å². The zero-order valence-electron chi connectivity index (χ0n) is 15.7. The van der Waals surface area contributed by atoms with Gasteiger partial charge in [0.1, 0.15) is 17.9 Å². The first-order valence-electron chi connectivity index (χ1n) is 8.86. The molecule has 0 N–H and O–H groups in total. The minimum Gasteiger partial charge on any atom is -0.493 e. The number of ether oxygens (including phenoxy) is 2. The van der Waals surface area contributed by atoms with Crippen molar-refractivity contribution in [3.8, 4) is 11.4 Å². The summed E-state index contributed by atoms with van der Waals surface area (Å²) in [6, 6.07) is 11.4. The standard InChI is InChI=1S/C20H19ClFN3O3S/c1-14-3-6-16(11-18(14)21)25-13-23-24-20(25)29-12-19(26)28-10-2-9-27-17-7-4-15(22)5-8-17/h3-8,11,13H,2,9-10,12H2,1H3. The average molecular weight is 436 g/mol. The topological polar surface area (TPSA) is 66.2 Å². The quantitative estimate of drug-likeness (QED) is 0.280. The summed E-state index contributed by atoms with van der Waals surface area (Å²) < 4.78 is 25.2. The number of aryl methyl sites for hydroxylation is 1. The highest BCUT2D eigenvalue weighted by atomic mass is 35.5.